The normalized spacial score (nSPS) is 22.4. The Balaban J connectivity index is 1.62. The van der Waals surface area contributed by atoms with Crippen LogP contribution in [0.4, 0.5) is 0 Å². The maximum Gasteiger partial charge on any atom is 0.0490 e. The van der Waals surface area contributed by atoms with Gasteiger partial charge in [0.05, 0.1) is 0 Å². The van der Waals surface area contributed by atoms with Crippen molar-refractivity contribution in [2.45, 2.75) is 11.8 Å². The first kappa shape index (κ1) is 10.4. The number of H-pyrrole nitrogens is 1. The van der Waals surface area contributed by atoms with E-state index in [9.17, 15) is 0 Å². The molecule has 1 fully saturated rings. The molecule has 5 heteroatoms. The van der Waals surface area contributed by atoms with Gasteiger partial charge in [-0.05, 0) is 6.07 Å². The second kappa shape index (κ2) is 5.68. The Bertz CT molecular complexity index is 245. The minimum Gasteiger partial charge on any atom is -0.310 e. The summed E-state index contributed by atoms with van der Waals surface area (Å²) in [4.78, 5) is 0. The molecular weight excluding hydrogens is 214 g/mol. The van der Waals surface area contributed by atoms with E-state index in [2.05, 4.69) is 39.0 Å². The molecule has 0 aromatic carbocycles. The summed E-state index contributed by atoms with van der Waals surface area (Å²) in [6.45, 7) is 2.01. The number of rotatable bonds is 4. The third-order valence-electron chi connectivity index (χ3n) is 2.13. The average molecular weight is 229 g/mol. The Hall–Kier alpha value is -0.130. The predicted octanol–water partition coefficient (Wildman–Crippen LogP) is 1.35. The summed E-state index contributed by atoms with van der Waals surface area (Å²) in [5, 5.41) is 11.1. The molecule has 14 heavy (non-hydrogen) atoms. The maximum absolute atomic E-state index is 3.91. The van der Waals surface area contributed by atoms with E-state index >= 15 is 0 Å². The first-order valence-electron chi connectivity index (χ1n) is 4.83. The standard InChI is InChI=1S/C9H15N3S2/c1-2-11-12-8(1)5-10-6-9-7-13-3-4-14-9/h1-2,9-10H,3-7H2,(H,11,12). The van der Waals surface area contributed by atoms with Crippen molar-refractivity contribution in [3.63, 3.8) is 0 Å². The Morgan fingerprint density at radius 3 is 3.29 bits per heavy atom. The molecule has 2 rings (SSSR count). The van der Waals surface area contributed by atoms with Crippen molar-refractivity contribution in [1.82, 2.24) is 15.5 Å². The van der Waals surface area contributed by atoms with Gasteiger partial charge in [-0.15, -0.1) is 0 Å². The molecule has 1 aliphatic heterocycles. The van der Waals surface area contributed by atoms with Crippen LogP contribution in [0.25, 0.3) is 0 Å². The summed E-state index contributed by atoms with van der Waals surface area (Å²) in [5.74, 6) is 3.92. The molecule has 0 radical (unpaired) electrons. The van der Waals surface area contributed by atoms with Gasteiger partial charge in [-0.1, -0.05) is 0 Å². The van der Waals surface area contributed by atoms with Gasteiger partial charge in [0, 0.05) is 47.5 Å². The molecule has 78 valence electrons. The van der Waals surface area contributed by atoms with Crippen LogP contribution >= 0.6 is 23.5 Å². The van der Waals surface area contributed by atoms with Crippen LogP contribution < -0.4 is 5.32 Å². The summed E-state index contributed by atoms with van der Waals surface area (Å²) >= 11 is 4.16. The number of aromatic nitrogens is 2. The molecule has 2 N–H and O–H groups in total. The van der Waals surface area contributed by atoms with E-state index in [1.807, 2.05) is 6.07 Å². The van der Waals surface area contributed by atoms with Gasteiger partial charge in [0.1, 0.15) is 0 Å². The lowest BCUT2D eigenvalue weighted by molar-refractivity contribution is 0.672. The van der Waals surface area contributed by atoms with Crippen LogP contribution in [-0.2, 0) is 6.54 Å². The van der Waals surface area contributed by atoms with Crippen LogP contribution in [0.15, 0.2) is 12.3 Å². The van der Waals surface area contributed by atoms with Gasteiger partial charge in [0.2, 0.25) is 0 Å². The van der Waals surface area contributed by atoms with Gasteiger partial charge in [0.25, 0.3) is 0 Å². The highest BCUT2D eigenvalue weighted by molar-refractivity contribution is 8.06. The van der Waals surface area contributed by atoms with Crippen LogP contribution in [0.5, 0.6) is 0 Å². The minimum absolute atomic E-state index is 0.789. The second-order valence-electron chi connectivity index (χ2n) is 3.28. The highest BCUT2D eigenvalue weighted by atomic mass is 32.2. The number of hydrogen-bond donors (Lipinski definition) is 2. The van der Waals surface area contributed by atoms with Crippen molar-refractivity contribution in [2.75, 3.05) is 23.8 Å². The van der Waals surface area contributed by atoms with Crippen LogP contribution in [0.3, 0.4) is 0 Å². The fourth-order valence-electron chi connectivity index (χ4n) is 1.41. The monoisotopic (exact) mass is 229 g/mol. The molecule has 1 aromatic rings. The SMILES string of the molecule is c1cc(CNCC2CSCCS2)[nH]n1. The molecule has 3 nitrogen and oxygen atoms in total. The van der Waals surface area contributed by atoms with Crippen molar-refractivity contribution >= 4 is 23.5 Å². The fourth-order valence-corrected chi connectivity index (χ4v) is 4.05. The smallest absolute Gasteiger partial charge is 0.0490 e. The topological polar surface area (TPSA) is 40.7 Å². The zero-order valence-electron chi connectivity index (χ0n) is 8.03. The van der Waals surface area contributed by atoms with Crippen molar-refractivity contribution in [3.8, 4) is 0 Å². The molecule has 0 aliphatic carbocycles. The number of hydrogen-bond acceptors (Lipinski definition) is 4. The van der Waals surface area contributed by atoms with Crippen LogP contribution in [-0.4, -0.2) is 39.3 Å². The molecule has 0 saturated carbocycles. The summed E-state index contributed by atoms with van der Waals surface area (Å²) in [6, 6.07) is 2.01. The number of nitrogens with one attached hydrogen (secondary N) is 2. The molecule has 1 unspecified atom stereocenters. The van der Waals surface area contributed by atoms with Gasteiger partial charge >= 0.3 is 0 Å². The summed E-state index contributed by atoms with van der Waals surface area (Å²) in [7, 11) is 0. The molecule has 1 aromatic heterocycles. The largest absolute Gasteiger partial charge is 0.310 e. The Morgan fingerprint density at radius 2 is 2.57 bits per heavy atom. The molecule has 0 spiro atoms. The van der Waals surface area contributed by atoms with Gasteiger partial charge in [-0.25, -0.2) is 0 Å². The Morgan fingerprint density at radius 1 is 1.57 bits per heavy atom. The number of nitrogens with zero attached hydrogens (tertiary/aromatic N) is 1. The minimum atomic E-state index is 0.789. The van der Waals surface area contributed by atoms with Crippen molar-refractivity contribution in [1.29, 1.82) is 0 Å². The molecule has 0 amide bonds. The van der Waals surface area contributed by atoms with E-state index < -0.39 is 0 Å². The quantitative estimate of drug-likeness (QED) is 0.817. The van der Waals surface area contributed by atoms with Gasteiger partial charge < -0.3 is 5.32 Å². The molecule has 0 bridgehead atoms. The summed E-state index contributed by atoms with van der Waals surface area (Å²) in [6.07, 6.45) is 1.79. The molecule has 1 atom stereocenters. The van der Waals surface area contributed by atoms with Crippen molar-refractivity contribution in [3.05, 3.63) is 18.0 Å². The van der Waals surface area contributed by atoms with Crippen molar-refractivity contribution in [2.24, 2.45) is 0 Å². The molecule has 1 saturated heterocycles. The lowest BCUT2D eigenvalue weighted by atomic mass is 10.4. The Kier molecular flexibility index (Phi) is 4.21. The second-order valence-corrected chi connectivity index (χ2v) is 5.84. The van der Waals surface area contributed by atoms with E-state index in [0.717, 1.165) is 18.3 Å². The van der Waals surface area contributed by atoms with Gasteiger partial charge in [-0.2, -0.15) is 28.6 Å². The Labute approximate surface area is 92.8 Å². The van der Waals surface area contributed by atoms with Crippen LogP contribution in [0.1, 0.15) is 5.69 Å². The summed E-state index contributed by atoms with van der Waals surface area (Å²) < 4.78 is 0. The zero-order chi connectivity index (χ0) is 9.64. The van der Waals surface area contributed by atoms with Crippen molar-refractivity contribution < 1.29 is 0 Å². The molecular formula is C9H15N3S2. The van der Waals surface area contributed by atoms with E-state index in [1.165, 1.54) is 23.0 Å². The highest BCUT2D eigenvalue weighted by Gasteiger charge is 2.13. The lowest BCUT2D eigenvalue weighted by Crippen LogP contribution is -2.28. The first-order valence-corrected chi connectivity index (χ1v) is 7.04. The number of thioether (sulfide) groups is 2. The highest BCUT2D eigenvalue weighted by Crippen LogP contribution is 2.23. The average Bonchev–Trinajstić information content (AvgIpc) is 2.72. The lowest BCUT2D eigenvalue weighted by Gasteiger charge is -2.20. The molecule has 1 aliphatic rings. The third kappa shape index (κ3) is 3.22. The van der Waals surface area contributed by atoms with Crippen LogP contribution in [0.2, 0.25) is 0 Å². The van der Waals surface area contributed by atoms with E-state index in [4.69, 9.17) is 0 Å². The maximum atomic E-state index is 3.91. The number of aromatic amines is 1. The van der Waals surface area contributed by atoms with Gasteiger partial charge in [-0.3, -0.25) is 5.10 Å². The van der Waals surface area contributed by atoms with E-state index in [-0.39, 0.29) is 0 Å². The third-order valence-corrected chi connectivity index (χ3v) is 4.98. The van der Waals surface area contributed by atoms with E-state index in [0.29, 0.717) is 0 Å². The fraction of sp³-hybridized carbons (Fsp3) is 0.667. The van der Waals surface area contributed by atoms with Gasteiger partial charge in [0.15, 0.2) is 0 Å². The van der Waals surface area contributed by atoms with Crippen LogP contribution in [0, 0.1) is 0 Å². The van der Waals surface area contributed by atoms with E-state index in [1.54, 1.807) is 6.20 Å². The first-order chi connectivity index (χ1) is 6.95. The zero-order valence-corrected chi connectivity index (χ0v) is 9.66. The molecule has 2 heterocycles. The predicted molar refractivity (Wildman–Crippen MR) is 63.9 cm³/mol. The summed E-state index contributed by atoms with van der Waals surface area (Å²) in [5.41, 5.74) is 1.17.